The first-order valence-electron chi connectivity index (χ1n) is 5.07. The van der Waals surface area contributed by atoms with Gasteiger partial charge in [0, 0.05) is 6.08 Å². The molecule has 0 aliphatic carbocycles. The van der Waals surface area contributed by atoms with E-state index < -0.39 is 0 Å². The predicted octanol–water partition coefficient (Wildman–Crippen LogP) is 4.77. The molecule has 0 aliphatic rings. The van der Waals surface area contributed by atoms with Crippen LogP contribution in [0, 0.1) is 11.3 Å². The lowest BCUT2D eigenvalue weighted by atomic mass is 10.4. The Labute approximate surface area is 100 Å². The monoisotopic (exact) mass is 215 g/mol. The van der Waals surface area contributed by atoms with Gasteiger partial charge in [-0.05, 0) is 0 Å². The molecule has 1 aromatic carbocycles. The van der Waals surface area contributed by atoms with Crippen molar-refractivity contribution in [3.63, 3.8) is 0 Å². The lowest BCUT2D eigenvalue weighted by Gasteiger charge is -1.69. The van der Waals surface area contributed by atoms with E-state index in [-0.39, 0.29) is 0 Å². The summed E-state index contributed by atoms with van der Waals surface area (Å²) < 4.78 is 0. The second-order valence-electron chi connectivity index (χ2n) is 1.96. The topological polar surface area (TPSA) is 23.8 Å². The Morgan fingerprint density at radius 2 is 1.00 bits per heavy atom. The first kappa shape index (κ1) is 19.5. The molecule has 0 saturated heterocycles. The van der Waals surface area contributed by atoms with Gasteiger partial charge in [0.2, 0.25) is 0 Å². The smallest absolute Gasteiger partial charge is 0.0905 e. The van der Waals surface area contributed by atoms with Crippen LogP contribution in [0.2, 0.25) is 0 Å². The SMILES string of the molecule is C=CC#N.C=CC=C.CC.c1ccccc1. The van der Waals surface area contributed by atoms with Gasteiger partial charge in [-0.1, -0.05) is 82.1 Å². The van der Waals surface area contributed by atoms with E-state index in [4.69, 9.17) is 5.26 Å². The number of nitriles is 1. The zero-order valence-corrected chi connectivity index (χ0v) is 10.3. The minimum Gasteiger partial charge on any atom is -0.193 e. The van der Waals surface area contributed by atoms with Crippen molar-refractivity contribution in [1.29, 1.82) is 5.26 Å². The lowest BCUT2D eigenvalue weighted by Crippen LogP contribution is -1.47. The molecule has 0 amide bonds. The van der Waals surface area contributed by atoms with Gasteiger partial charge in [-0.3, -0.25) is 0 Å². The molecule has 0 unspecified atom stereocenters. The molecule has 0 N–H and O–H groups in total. The third-order valence-corrected chi connectivity index (χ3v) is 0.925. The maximum atomic E-state index is 7.51. The number of benzene rings is 1. The first-order chi connectivity index (χ1) is 7.83. The summed E-state index contributed by atoms with van der Waals surface area (Å²) in [6, 6.07) is 13.7. The van der Waals surface area contributed by atoms with Gasteiger partial charge in [0.25, 0.3) is 0 Å². The van der Waals surface area contributed by atoms with Crippen LogP contribution in [-0.4, -0.2) is 0 Å². The summed E-state index contributed by atoms with van der Waals surface area (Å²) in [5.74, 6) is 0. The Morgan fingerprint density at radius 1 is 0.812 bits per heavy atom. The summed E-state index contributed by atoms with van der Waals surface area (Å²) in [7, 11) is 0. The van der Waals surface area contributed by atoms with Gasteiger partial charge in [-0.25, -0.2) is 0 Å². The van der Waals surface area contributed by atoms with Crippen LogP contribution >= 0.6 is 0 Å². The van der Waals surface area contributed by atoms with E-state index in [0.29, 0.717) is 0 Å². The molecule has 0 spiro atoms. The van der Waals surface area contributed by atoms with Gasteiger partial charge in [0.05, 0.1) is 6.07 Å². The van der Waals surface area contributed by atoms with Crippen molar-refractivity contribution < 1.29 is 0 Å². The van der Waals surface area contributed by atoms with Crippen molar-refractivity contribution in [3.05, 3.63) is 74.4 Å². The molecular weight excluding hydrogens is 194 g/mol. The zero-order chi connectivity index (χ0) is 13.1. The fourth-order valence-electron chi connectivity index (χ4n) is 0.385. The van der Waals surface area contributed by atoms with Gasteiger partial charge >= 0.3 is 0 Å². The van der Waals surface area contributed by atoms with Crippen molar-refractivity contribution >= 4 is 0 Å². The number of hydrogen-bond donors (Lipinski definition) is 0. The minimum atomic E-state index is 1.18. The summed E-state index contributed by atoms with van der Waals surface area (Å²) in [5.41, 5.74) is 0. The molecule has 1 aromatic rings. The molecule has 0 heterocycles. The fraction of sp³-hybridized carbons (Fsp3) is 0.133. The van der Waals surface area contributed by atoms with Crippen LogP contribution in [0.15, 0.2) is 74.4 Å². The highest BCUT2D eigenvalue weighted by Crippen LogP contribution is 1.79. The first-order valence-corrected chi connectivity index (χ1v) is 5.07. The molecule has 1 nitrogen and oxygen atoms in total. The van der Waals surface area contributed by atoms with Crippen LogP contribution in [-0.2, 0) is 0 Å². The molecule has 1 rings (SSSR count). The highest BCUT2D eigenvalue weighted by molar-refractivity contribution is 4.99. The maximum Gasteiger partial charge on any atom is 0.0905 e. The van der Waals surface area contributed by atoms with Crippen LogP contribution in [0.3, 0.4) is 0 Å². The molecular formula is C15H21N. The average Bonchev–Trinajstić information content (AvgIpc) is 2.43. The predicted molar refractivity (Wildman–Crippen MR) is 74.0 cm³/mol. The molecule has 0 radical (unpaired) electrons. The number of rotatable bonds is 1. The summed E-state index contributed by atoms with van der Waals surface area (Å²) in [6.45, 7) is 13.8. The highest BCUT2D eigenvalue weighted by atomic mass is 14.2. The summed E-state index contributed by atoms with van der Waals surface area (Å²) in [5, 5.41) is 7.51. The van der Waals surface area contributed by atoms with Gasteiger partial charge in [-0.15, -0.1) is 0 Å². The van der Waals surface area contributed by atoms with Crippen molar-refractivity contribution in [2.75, 3.05) is 0 Å². The maximum absolute atomic E-state index is 7.51. The Hall–Kier alpha value is -2.07. The van der Waals surface area contributed by atoms with E-state index in [2.05, 4.69) is 19.7 Å². The quantitative estimate of drug-likeness (QED) is 0.489. The third kappa shape index (κ3) is 40.5. The molecule has 0 bridgehead atoms. The van der Waals surface area contributed by atoms with Crippen LogP contribution in [0.25, 0.3) is 0 Å². The van der Waals surface area contributed by atoms with E-state index in [9.17, 15) is 0 Å². The minimum absolute atomic E-state index is 1.18. The summed E-state index contributed by atoms with van der Waals surface area (Å²) >= 11 is 0. The van der Waals surface area contributed by atoms with Gasteiger partial charge in [0.15, 0.2) is 0 Å². The van der Waals surface area contributed by atoms with E-state index in [1.165, 1.54) is 6.08 Å². The number of allylic oxidation sites excluding steroid dienone is 3. The molecule has 0 atom stereocenters. The average molecular weight is 215 g/mol. The van der Waals surface area contributed by atoms with E-state index in [0.717, 1.165) is 0 Å². The van der Waals surface area contributed by atoms with Crippen LogP contribution < -0.4 is 0 Å². The Kier molecular flexibility index (Phi) is 35.7. The van der Waals surface area contributed by atoms with Crippen LogP contribution in [0.1, 0.15) is 13.8 Å². The molecule has 0 fully saturated rings. The summed E-state index contributed by atoms with van der Waals surface area (Å²) in [6.07, 6.45) is 4.46. The molecule has 1 heteroatoms. The van der Waals surface area contributed by atoms with E-state index in [1.807, 2.05) is 50.2 Å². The molecule has 0 saturated carbocycles. The number of nitrogens with zero attached hydrogens (tertiary/aromatic N) is 1. The lowest BCUT2D eigenvalue weighted by molar-refractivity contribution is 1.50. The third-order valence-electron chi connectivity index (χ3n) is 0.925. The second-order valence-corrected chi connectivity index (χ2v) is 1.96. The molecule has 0 aliphatic heterocycles. The van der Waals surface area contributed by atoms with E-state index in [1.54, 1.807) is 18.2 Å². The Balaban J connectivity index is -0.000000152. The van der Waals surface area contributed by atoms with Gasteiger partial charge in [0.1, 0.15) is 0 Å². The van der Waals surface area contributed by atoms with Crippen molar-refractivity contribution in [2.24, 2.45) is 0 Å². The highest BCUT2D eigenvalue weighted by Gasteiger charge is 1.57. The Bertz CT molecular complexity index is 235. The van der Waals surface area contributed by atoms with Gasteiger partial charge < -0.3 is 0 Å². The summed E-state index contributed by atoms with van der Waals surface area (Å²) in [4.78, 5) is 0. The second kappa shape index (κ2) is 29.3. The van der Waals surface area contributed by atoms with Crippen molar-refractivity contribution in [2.45, 2.75) is 13.8 Å². The van der Waals surface area contributed by atoms with Gasteiger partial charge in [-0.2, -0.15) is 5.26 Å². The normalized spacial score (nSPS) is 5.56. The number of hydrogen-bond acceptors (Lipinski definition) is 1. The Morgan fingerprint density at radius 3 is 1.06 bits per heavy atom. The molecule has 16 heavy (non-hydrogen) atoms. The van der Waals surface area contributed by atoms with Crippen molar-refractivity contribution in [3.8, 4) is 6.07 Å². The largest absolute Gasteiger partial charge is 0.193 e. The molecule has 0 aromatic heterocycles. The van der Waals surface area contributed by atoms with E-state index >= 15 is 0 Å². The van der Waals surface area contributed by atoms with Crippen molar-refractivity contribution in [1.82, 2.24) is 0 Å². The van der Waals surface area contributed by atoms with Crippen LogP contribution in [0.4, 0.5) is 0 Å². The zero-order valence-electron chi connectivity index (χ0n) is 10.3. The molecule has 86 valence electrons. The standard InChI is InChI=1S/C6H6.C4H6.C3H3N.C2H6/c1-2-4-6-5-3-1;1-3-4-2;1-2-3-4;1-2/h1-6H;3-4H,1-2H2;2H,1H2;1-2H3. The fourth-order valence-corrected chi connectivity index (χ4v) is 0.385. The van der Waals surface area contributed by atoms with Crippen LogP contribution in [0.5, 0.6) is 0 Å².